The molecule has 1 aliphatic rings. The Morgan fingerprint density at radius 1 is 1.30 bits per heavy atom. The van der Waals surface area contributed by atoms with Crippen molar-refractivity contribution in [1.82, 2.24) is 14.9 Å². The zero-order chi connectivity index (χ0) is 18.1. The molecule has 3 rings (SSSR count). The van der Waals surface area contributed by atoms with Crippen molar-refractivity contribution in [3.8, 4) is 5.69 Å². The molecule has 27 heavy (non-hydrogen) atoms. The van der Waals surface area contributed by atoms with Gasteiger partial charge in [-0.05, 0) is 44.1 Å². The maximum Gasteiger partial charge on any atom is 0.245 e. The quantitative estimate of drug-likeness (QED) is 0.760. The molecule has 2 heterocycles. The second-order valence-corrected chi connectivity index (χ2v) is 8.43. The van der Waals surface area contributed by atoms with Gasteiger partial charge < -0.3 is 15.2 Å². The van der Waals surface area contributed by atoms with Crippen LogP contribution in [0.3, 0.4) is 0 Å². The Hall–Kier alpha value is -1.68. The third kappa shape index (κ3) is 4.60. The second kappa shape index (κ2) is 9.01. The normalized spacial score (nSPS) is 15.9. The van der Waals surface area contributed by atoms with E-state index in [2.05, 4.69) is 15.6 Å². The Balaban J connectivity index is 0.00000182. The summed E-state index contributed by atoms with van der Waals surface area (Å²) in [5.41, 5.74) is 0.503. The van der Waals surface area contributed by atoms with E-state index in [4.69, 9.17) is 0 Å². The fraction of sp³-hybridized carbons (Fsp3) is 0.375. The molecule has 1 amide bonds. The van der Waals surface area contributed by atoms with Crippen molar-refractivity contribution in [2.24, 2.45) is 0 Å². The first kappa shape index (κ1) is 23.4. The Kier molecular flexibility index (Phi) is 7.79. The average molecular weight is 439 g/mol. The van der Waals surface area contributed by atoms with Gasteiger partial charge >= 0.3 is 0 Å². The zero-order valence-electron chi connectivity index (χ0n) is 14.5. The molecule has 2 aromatic rings. The van der Waals surface area contributed by atoms with E-state index in [1.54, 1.807) is 6.20 Å². The molecular formula is C16H21Cl2FN4O3S. The molecule has 0 unspecified atom stereocenters. The summed E-state index contributed by atoms with van der Waals surface area (Å²) in [6, 6.07) is 4.21. The topological polar surface area (TPSA) is 93.1 Å². The van der Waals surface area contributed by atoms with E-state index in [1.807, 2.05) is 0 Å². The molecule has 0 atom stereocenters. The number of nitrogens with one attached hydrogen (secondary N) is 2. The molecule has 1 aromatic heterocycles. The molecule has 0 spiro atoms. The third-order valence-corrected chi connectivity index (χ3v) is 6.54. The van der Waals surface area contributed by atoms with Crippen LogP contribution in [0.5, 0.6) is 0 Å². The molecule has 1 saturated heterocycles. The number of carbonyl (C=O) groups excluding carboxylic acids is 1. The van der Waals surface area contributed by atoms with Gasteiger partial charge in [0.05, 0.1) is 12.0 Å². The van der Waals surface area contributed by atoms with Crippen molar-refractivity contribution < 1.29 is 17.6 Å². The third-order valence-electron chi connectivity index (χ3n) is 4.52. The molecule has 150 valence electrons. The maximum atomic E-state index is 14.3. The van der Waals surface area contributed by atoms with Gasteiger partial charge in [-0.2, -0.15) is 0 Å². The number of piperidine rings is 1. The summed E-state index contributed by atoms with van der Waals surface area (Å²) in [6.07, 6.45) is 6.04. The number of carbonyl (C=O) groups is 1. The van der Waals surface area contributed by atoms with E-state index in [9.17, 15) is 17.6 Å². The van der Waals surface area contributed by atoms with Crippen LogP contribution in [0.25, 0.3) is 5.69 Å². The van der Waals surface area contributed by atoms with Gasteiger partial charge in [-0.25, -0.2) is 17.8 Å². The summed E-state index contributed by atoms with van der Waals surface area (Å²) in [4.78, 5) is 16.6. The molecule has 1 aromatic carbocycles. The number of aromatic nitrogens is 2. The lowest BCUT2D eigenvalue weighted by Gasteiger charge is -2.34. The highest BCUT2D eigenvalue weighted by molar-refractivity contribution is 7.92. The van der Waals surface area contributed by atoms with E-state index < -0.39 is 26.3 Å². The summed E-state index contributed by atoms with van der Waals surface area (Å²) in [6.45, 7) is 0.878. The van der Waals surface area contributed by atoms with Gasteiger partial charge in [-0.1, -0.05) is 0 Å². The van der Waals surface area contributed by atoms with Gasteiger partial charge in [0.15, 0.2) is 14.6 Å². The Labute approximate surface area is 169 Å². The van der Waals surface area contributed by atoms with Gasteiger partial charge in [0, 0.05) is 24.3 Å². The number of benzene rings is 1. The Bertz CT molecular complexity index is 885. The molecule has 0 bridgehead atoms. The Morgan fingerprint density at radius 3 is 2.48 bits per heavy atom. The monoisotopic (exact) mass is 438 g/mol. The number of sulfone groups is 1. The van der Waals surface area contributed by atoms with Crippen molar-refractivity contribution in [3.05, 3.63) is 42.7 Å². The summed E-state index contributed by atoms with van der Waals surface area (Å²) in [7, 11) is -3.62. The molecule has 0 aliphatic carbocycles. The van der Waals surface area contributed by atoms with Crippen LogP contribution in [-0.2, 0) is 14.6 Å². The first-order valence-corrected chi connectivity index (χ1v) is 9.72. The van der Waals surface area contributed by atoms with E-state index in [0.29, 0.717) is 13.1 Å². The van der Waals surface area contributed by atoms with Crippen molar-refractivity contribution in [2.45, 2.75) is 17.6 Å². The first-order valence-electron chi connectivity index (χ1n) is 7.83. The predicted octanol–water partition coefficient (Wildman–Crippen LogP) is 1.96. The van der Waals surface area contributed by atoms with Crippen molar-refractivity contribution in [3.63, 3.8) is 0 Å². The second-order valence-electron chi connectivity index (χ2n) is 6.11. The van der Waals surface area contributed by atoms with Gasteiger partial charge in [0.2, 0.25) is 5.91 Å². The predicted molar refractivity (Wildman–Crippen MR) is 106 cm³/mol. The highest BCUT2D eigenvalue weighted by Gasteiger charge is 2.48. The highest BCUT2D eigenvalue weighted by Crippen LogP contribution is 2.30. The molecule has 11 heteroatoms. The minimum absolute atomic E-state index is 0. The Morgan fingerprint density at radius 2 is 1.96 bits per heavy atom. The summed E-state index contributed by atoms with van der Waals surface area (Å²) >= 11 is 0. The van der Waals surface area contributed by atoms with Crippen LogP contribution in [0.2, 0.25) is 0 Å². The van der Waals surface area contributed by atoms with E-state index in [0.717, 1.165) is 6.26 Å². The number of hydrogen-bond acceptors (Lipinski definition) is 5. The summed E-state index contributed by atoms with van der Waals surface area (Å²) < 4.78 is 38.8. The largest absolute Gasteiger partial charge is 0.325 e. The van der Waals surface area contributed by atoms with Gasteiger partial charge in [-0.15, -0.1) is 24.8 Å². The number of nitrogens with zero attached hydrogens (tertiary/aromatic N) is 2. The maximum absolute atomic E-state index is 14.3. The number of imidazole rings is 1. The van der Waals surface area contributed by atoms with Crippen molar-refractivity contribution in [1.29, 1.82) is 0 Å². The van der Waals surface area contributed by atoms with E-state index >= 15 is 0 Å². The number of amides is 1. The fourth-order valence-electron chi connectivity index (χ4n) is 3.04. The summed E-state index contributed by atoms with van der Waals surface area (Å²) in [5.74, 6) is -1.17. The van der Waals surface area contributed by atoms with Crippen molar-refractivity contribution in [2.75, 3.05) is 24.7 Å². The number of hydrogen-bond donors (Lipinski definition) is 2. The standard InChI is InChI=1S/C16H19FN4O3S.2ClH/c1-25(23,24)16(4-6-18-7-5-16)15(22)20-12-2-3-14(13(17)10-12)21-9-8-19-11-21;;/h2-3,8-11,18H,4-7H2,1H3,(H,20,22);2*1H. The van der Waals surface area contributed by atoms with Crippen LogP contribution in [0.4, 0.5) is 10.1 Å². The lowest BCUT2D eigenvalue weighted by atomic mass is 9.95. The highest BCUT2D eigenvalue weighted by atomic mass is 35.5. The average Bonchev–Trinajstić information content (AvgIpc) is 3.08. The molecule has 0 saturated carbocycles. The van der Waals surface area contributed by atoms with Crippen LogP contribution in [-0.4, -0.2) is 48.0 Å². The minimum atomic E-state index is -3.62. The van der Waals surface area contributed by atoms with Gasteiger partial charge in [0.1, 0.15) is 5.82 Å². The number of rotatable bonds is 4. The molecule has 1 fully saturated rings. The van der Waals surface area contributed by atoms with Crippen LogP contribution in [0.1, 0.15) is 12.8 Å². The van der Waals surface area contributed by atoms with Crippen LogP contribution < -0.4 is 10.6 Å². The van der Waals surface area contributed by atoms with Crippen LogP contribution in [0, 0.1) is 5.82 Å². The van der Waals surface area contributed by atoms with Gasteiger partial charge in [0.25, 0.3) is 0 Å². The van der Waals surface area contributed by atoms with E-state index in [-0.39, 0.29) is 49.0 Å². The first-order chi connectivity index (χ1) is 11.8. The SMILES string of the molecule is CS(=O)(=O)C1(C(=O)Nc2ccc(-n3ccnc3)c(F)c2)CCNCC1.Cl.Cl. The van der Waals surface area contributed by atoms with Crippen LogP contribution in [0.15, 0.2) is 36.9 Å². The van der Waals surface area contributed by atoms with Crippen LogP contribution >= 0.6 is 24.8 Å². The molecule has 1 aliphatic heterocycles. The number of anilines is 1. The summed E-state index contributed by atoms with van der Waals surface area (Å²) in [5, 5.41) is 5.61. The van der Waals surface area contributed by atoms with Gasteiger partial charge in [-0.3, -0.25) is 4.79 Å². The smallest absolute Gasteiger partial charge is 0.245 e. The molecule has 2 N–H and O–H groups in total. The fourth-order valence-corrected chi connectivity index (χ4v) is 4.37. The lowest BCUT2D eigenvalue weighted by molar-refractivity contribution is -0.119. The molecule has 7 nitrogen and oxygen atoms in total. The molecule has 0 radical (unpaired) electrons. The lowest BCUT2D eigenvalue weighted by Crippen LogP contribution is -2.55. The number of halogens is 3. The van der Waals surface area contributed by atoms with E-state index in [1.165, 1.54) is 35.3 Å². The molecular weight excluding hydrogens is 418 g/mol. The van der Waals surface area contributed by atoms with Crippen molar-refractivity contribution >= 4 is 46.2 Å². The minimum Gasteiger partial charge on any atom is -0.325 e. The zero-order valence-corrected chi connectivity index (χ0v) is 17.0.